The van der Waals surface area contributed by atoms with E-state index < -0.39 is 40.2 Å². The fraction of sp³-hybridized carbons (Fsp3) is 0.161. The van der Waals surface area contributed by atoms with Crippen LogP contribution < -0.4 is 20.1 Å². The second-order valence-electron chi connectivity index (χ2n) is 9.82. The van der Waals surface area contributed by atoms with E-state index in [2.05, 4.69) is 30.1 Å². The Bertz CT molecular complexity index is 1930. The van der Waals surface area contributed by atoms with Crippen LogP contribution in [0, 0.1) is 20.2 Å². The van der Waals surface area contributed by atoms with Crippen LogP contribution in [-0.4, -0.2) is 41.6 Å². The molecule has 0 fully saturated rings. The molecule has 0 atom stereocenters. The second kappa shape index (κ2) is 16.7. The highest BCUT2D eigenvalue weighted by atomic mass is 79.9. The first-order chi connectivity index (χ1) is 23.8. The molecule has 0 aliphatic carbocycles. The van der Waals surface area contributed by atoms with Crippen LogP contribution in [0.5, 0.6) is 11.5 Å². The average molecular weight is 789 g/mol. The number of rotatable bonds is 7. The molecule has 2 N–H and O–H groups in total. The molecule has 13 nitrogen and oxygen atoms in total. The van der Waals surface area contributed by atoms with Crippen LogP contribution in [0.2, 0.25) is 0 Å². The number of carbonyl (C=O) groups excluding carboxylic acids is 2. The van der Waals surface area contributed by atoms with Crippen LogP contribution in [-0.2, 0) is 16.6 Å². The van der Waals surface area contributed by atoms with Gasteiger partial charge in [-0.3, -0.25) is 25.0 Å². The first kappa shape index (κ1) is 39.5. The quantitative estimate of drug-likeness (QED) is 0.0481. The van der Waals surface area contributed by atoms with E-state index in [0.29, 0.717) is 16.5 Å². The number of nitro groups is 2. The highest BCUT2D eigenvalue weighted by Gasteiger charge is 2.36. The molecule has 4 aromatic rings. The molecular weight excluding hydrogens is 766 g/mol. The van der Waals surface area contributed by atoms with Crippen molar-refractivity contribution in [2.24, 2.45) is 0 Å². The van der Waals surface area contributed by atoms with Gasteiger partial charge in [0.15, 0.2) is 0 Å². The van der Waals surface area contributed by atoms with Gasteiger partial charge in [0.2, 0.25) is 0 Å². The van der Waals surface area contributed by atoms with E-state index in [4.69, 9.17) is 5.73 Å². The first-order valence-electron chi connectivity index (χ1n) is 13.8. The predicted octanol–water partition coefficient (Wildman–Crippen LogP) is 8.10. The number of ether oxygens (including phenoxy) is 3. The third-order valence-corrected chi connectivity index (χ3v) is 7.03. The normalized spacial score (nSPS) is 12.0. The first-order valence-corrected chi connectivity index (χ1v) is 14.9. The van der Waals surface area contributed by atoms with Crippen molar-refractivity contribution in [3.8, 4) is 11.5 Å². The highest BCUT2D eigenvalue weighted by Crippen LogP contribution is 2.35. The summed E-state index contributed by atoms with van der Waals surface area (Å²) in [6.07, 6.45) is -9.51. The van der Waals surface area contributed by atoms with Crippen molar-refractivity contribution in [2.45, 2.75) is 24.6 Å². The van der Waals surface area contributed by atoms with Gasteiger partial charge >= 0.3 is 18.7 Å². The third kappa shape index (κ3) is 11.0. The van der Waals surface area contributed by atoms with E-state index in [1.54, 1.807) is 12.1 Å². The Morgan fingerprint density at radius 2 is 1.37 bits per heavy atom. The number of hydrogen-bond acceptors (Lipinski definition) is 10. The van der Waals surface area contributed by atoms with E-state index in [1.807, 2.05) is 0 Å². The molecule has 270 valence electrons. The summed E-state index contributed by atoms with van der Waals surface area (Å²) >= 11 is 3.16. The summed E-state index contributed by atoms with van der Waals surface area (Å²) in [5, 5.41) is 22.1. The van der Waals surface area contributed by atoms with Crippen LogP contribution in [0.1, 0.15) is 31.8 Å². The molecule has 4 aromatic carbocycles. The van der Waals surface area contributed by atoms with Gasteiger partial charge in [-0.15, -0.1) is 26.3 Å². The van der Waals surface area contributed by atoms with Gasteiger partial charge in [-0.05, 0) is 35.4 Å². The molecule has 0 unspecified atom stereocenters. The van der Waals surface area contributed by atoms with Crippen molar-refractivity contribution in [2.75, 3.05) is 17.7 Å². The SMILES string of the molecule is COC(=O)c1c(CBr)cccc1[N+](=O)[O-].Nc1cccc(OC(F)(F)F)c1.O=C1c2c(cccc2[N+](=O)[O-])CN1c1cccc(OC(F)(F)F)c1. The number of benzene rings is 4. The zero-order valence-corrected chi connectivity index (χ0v) is 27.3. The molecule has 0 spiro atoms. The summed E-state index contributed by atoms with van der Waals surface area (Å²) in [5.74, 6) is -2.11. The Hall–Kier alpha value is -5.92. The summed E-state index contributed by atoms with van der Waals surface area (Å²) in [6.45, 7) is 0.0331. The van der Waals surface area contributed by atoms with E-state index >= 15 is 0 Å². The summed E-state index contributed by atoms with van der Waals surface area (Å²) in [7, 11) is 1.19. The number of nitro benzene ring substituents is 2. The Kier molecular flexibility index (Phi) is 12.9. The Balaban J connectivity index is 0.000000224. The zero-order valence-electron chi connectivity index (χ0n) is 25.7. The molecule has 0 saturated carbocycles. The molecule has 51 heavy (non-hydrogen) atoms. The smallest absolute Gasteiger partial charge is 0.465 e. The number of esters is 1. The number of nitrogens with zero attached hydrogens (tertiary/aromatic N) is 3. The predicted molar refractivity (Wildman–Crippen MR) is 171 cm³/mol. The number of alkyl halides is 7. The van der Waals surface area contributed by atoms with Gasteiger partial charge in [-0.2, -0.15) is 0 Å². The van der Waals surface area contributed by atoms with E-state index in [0.717, 1.165) is 18.2 Å². The van der Waals surface area contributed by atoms with E-state index in [1.165, 1.54) is 66.6 Å². The third-order valence-electron chi connectivity index (χ3n) is 6.43. The van der Waals surface area contributed by atoms with Crippen LogP contribution in [0.4, 0.5) is 49.1 Å². The summed E-state index contributed by atoms with van der Waals surface area (Å²) < 4.78 is 83.7. The number of amides is 1. The van der Waals surface area contributed by atoms with Gasteiger partial charge in [0.25, 0.3) is 17.3 Å². The lowest BCUT2D eigenvalue weighted by Gasteiger charge is -2.17. The maximum absolute atomic E-state index is 12.5. The standard InChI is InChI=1S/C15H9F3N2O4.C9H8BrNO4.C7H6F3NO/c16-15(17,18)24-11-5-2-4-10(7-11)19-8-9-3-1-6-12(20(22)23)13(9)14(19)21;1-15-9(12)8-6(5-10)3-2-4-7(8)11(13)14;8-7(9,10)12-6-3-1-2-5(11)4-6/h1-7H,8H2;2-4H,5H2,1H3;1-4H,11H2. The van der Waals surface area contributed by atoms with Crippen LogP contribution in [0.25, 0.3) is 0 Å². The Labute approximate surface area is 291 Å². The fourth-order valence-electron chi connectivity index (χ4n) is 4.45. The molecule has 0 bridgehead atoms. The average Bonchev–Trinajstić information content (AvgIpc) is 3.39. The minimum absolute atomic E-state index is 0.00174. The Morgan fingerprint density at radius 1 is 0.843 bits per heavy atom. The monoisotopic (exact) mass is 788 g/mol. The van der Waals surface area contributed by atoms with Gasteiger partial charge in [0.1, 0.15) is 22.6 Å². The molecule has 0 aromatic heterocycles. The lowest BCUT2D eigenvalue weighted by atomic mass is 10.1. The van der Waals surface area contributed by atoms with Crippen molar-refractivity contribution in [3.05, 3.63) is 127 Å². The van der Waals surface area contributed by atoms with Crippen LogP contribution in [0.3, 0.4) is 0 Å². The fourth-order valence-corrected chi connectivity index (χ4v) is 4.92. The largest absolute Gasteiger partial charge is 0.573 e. The number of nitrogens with two attached hydrogens (primary N) is 1. The van der Waals surface area contributed by atoms with Gasteiger partial charge < -0.3 is 24.8 Å². The van der Waals surface area contributed by atoms with Crippen molar-refractivity contribution < 1.29 is 60.0 Å². The molecule has 1 aliphatic heterocycles. The van der Waals surface area contributed by atoms with Crippen LogP contribution >= 0.6 is 15.9 Å². The maximum Gasteiger partial charge on any atom is 0.573 e. The number of anilines is 2. The number of fused-ring (bicyclic) bond motifs is 1. The van der Waals surface area contributed by atoms with Crippen molar-refractivity contribution >= 4 is 50.6 Å². The maximum atomic E-state index is 12.5. The second-order valence-corrected chi connectivity index (χ2v) is 10.4. The van der Waals surface area contributed by atoms with E-state index in [9.17, 15) is 56.2 Å². The van der Waals surface area contributed by atoms with Crippen molar-refractivity contribution in [3.63, 3.8) is 0 Å². The van der Waals surface area contributed by atoms with Crippen LogP contribution in [0.15, 0.2) is 84.9 Å². The number of methoxy groups -OCH3 is 1. The van der Waals surface area contributed by atoms with E-state index in [-0.39, 0.29) is 46.2 Å². The molecule has 0 saturated heterocycles. The number of carbonyl (C=O) groups is 2. The number of hydrogen-bond donors (Lipinski definition) is 1. The molecule has 5 rings (SSSR count). The van der Waals surface area contributed by atoms with Gasteiger partial charge in [0.05, 0.1) is 23.5 Å². The number of nitrogen functional groups attached to an aromatic ring is 1. The summed E-state index contributed by atoms with van der Waals surface area (Å²) in [5.41, 5.74) is 5.98. The molecule has 20 heteroatoms. The summed E-state index contributed by atoms with van der Waals surface area (Å²) in [4.78, 5) is 45.5. The van der Waals surface area contributed by atoms with Gasteiger partial charge in [-0.25, -0.2) is 4.79 Å². The van der Waals surface area contributed by atoms with Gasteiger partial charge in [-0.1, -0.05) is 52.3 Å². The minimum Gasteiger partial charge on any atom is -0.465 e. The highest BCUT2D eigenvalue weighted by molar-refractivity contribution is 9.08. The lowest BCUT2D eigenvalue weighted by Crippen LogP contribution is -2.23. The molecule has 1 heterocycles. The minimum atomic E-state index is -4.85. The lowest BCUT2D eigenvalue weighted by molar-refractivity contribution is -0.385. The summed E-state index contributed by atoms with van der Waals surface area (Å²) in [6, 6.07) is 18.7. The van der Waals surface area contributed by atoms with Gasteiger partial charge in [0, 0.05) is 41.0 Å². The van der Waals surface area contributed by atoms with Crippen molar-refractivity contribution in [1.82, 2.24) is 0 Å². The molecule has 1 amide bonds. The molecule has 0 radical (unpaired) electrons. The van der Waals surface area contributed by atoms with Crippen molar-refractivity contribution in [1.29, 1.82) is 0 Å². The molecular formula is C31H23BrF6N4O9. The zero-order chi connectivity index (χ0) is 38.1. The number of halogens is 7. The molecule has 1 aliphatic rings. The topological polar surface area (TPSA) is 177 Å². The Morgan fingerprint density at radius 3 is 1.90 bits per heavy atom.